The first-order valence-corrected chi connectivity index (χ1v) is 9.52. The first-order chi connectivity index (χ1) is 13.3. The maximum atomic E-state index is 13.3. The molecule has 3 aromatic rings. The fourth-order valence-electron chi connectivity index (χ4n) is 3.80. The number of carbonyl (C=O) groups excluding carboxylic acids is 1. The molecule has 27 heavy (non-hydrogen) atoms. The van der Waals surface area contributed by atoms with Gasteiger partial charge in [0.05, 0.1) is 5.92 Å². The molecule has 0 radical (unpaired) electrons. The van der Waals surface area contributed by atoms with Crippen molar-refractivity contribution in [2.45, 2.75) is 38.1 Å². The van der Waals surface area contributed by atoms with Crippen LogP contribution in [-0.4, -0.2) is 27.5 Å². The lowest BCUT2D eigenvalue weighted by Crippen LogP contribution is -2.34. The first kappa shape index (κ1) is 17.5. The topological polar surface area (TPSA) is 59.2 Å². The molecule has 0 N–H and O–H groups in total. The average Bonchev–Trinajstić information content (AvgIpc) is 3.39. The van der Waals surface area contributed by atoms with Crippen molar-refractivity contribution >= 4 is 5.91 Å². The molecule has 1 amide bonds. The number of hydrogen-bond acceptors (Lipinski definition) is 4. The Hall–Kier alpha value is -2.95. The highest BCUT2D eigenvalue weighted by atomic mass is 16.5. The summed E-state index contributed by atoms with van der Waals surface area (Å²) in [6.07, 6.45) is 2.57. The highest BCUT2D eigenvalue weighted by molar-refractivity contribution is 5.84. The fourth-order valence-corrected chi connectivity index (χ4v) is 3.80. The predicted molar refractivity (Wildman–Crippen MR) is 103 cm³/mol. The van der Waals surface area contributed by atoms with Crippen molar-refractivity contribution < 1.29 is 9.32 Å². The lowest BCUT2D eigenvalue weighted by molar-refractivity contribution is -0.134. The molecular formula is C22H23N3O2. The van der Waals surface area contributed by atoms with Gasteiger partial charge in [0.2, 0.25) is 17.6 Å². The zero-order chi connectivity index (χ0) is 18.6. The molecule has 2 atom stereocenters. The lowest BCUT2D eigenvalue weighted by Gasteiger charge is -2.26. The number of nitrogens with zero attached hydrogens (tertiary/aromatic N) is 3. The van der Waals surface area contributed by atoms with Gasteiger partial charge in [0.1, 0.15) is 6.04 Å². The summed E-state index contributed by atoms with van der Waals surface area (Å²) in [4.78, 5) is 19.8. The van der Waals surface area contributed by atoms with Crippen LogP contribution in [0.1, 0.15) is 49.6 Å². The van der Waals surface area contributed by atoms with Crippen LogP contribution in [0.2, 0.25) is 0 Å². The Morgan fingerprint density at radius 1 is 1.15 bits per heavy atom. The summed E-state index contributed by atoms with van der Waals surface area (Å²) >= 11 is 0. The van der Waals surface area contributed by atoms with Gasteiger partial charge in [-0.3, -0.25) is 4.79 Å². The summed E-state index contributed by atoms with van der Waals surface area (Å²) in [5.74, 6) is 1.11. The largest absolute Gasteiger partial charge is 0.337 e. The van der Waals surface area contributed by atoms with E-state index < -0.39 is 0 Å². The van der Waals surface area contributed by atoms with E-state index in [1.54, 1.807) is 0 Å². The van der Waals surface area contributed by atoms with Crippen LogP contribution in [0.4, 0.5) is 0 Å². The van der Waals surface area contributed by atoms with Gasteiger partial charge < -0.3 is 9.42 Å². The molecule has 1 aliphatic heterocycles. The predicted octanol–water partition coefficient (Wildman–Crippen LogP) is 4.59. The standard InChI is InChI=1S/C22H23N3O2/c1-2-18(16-10-5-3-6-11-16)22(26)25-15-9-14-19(25)21-23-20(24-27-21)17-12-7-4-8-13-17/h3-8,10-13,18-19H,2,9,14-15H2,1H3. The van der Waals surface area contributed by atoms with E-state index >= 15 is 0 Å². The van der Waals surface area contributed by atoms with E-state index in [9.17, 15) is 4.79 Å². The summed E-state index contributed by atoms with van der Waals surface area (Å²) in [6, 6.07) is 19.6. The third kappa shape index (κ3) is 3.50. The van der Waals surface area contributed by atoms with Gasteiger partial charge >= 0.3 is 0 Å². The molecule has 5 nitrogen and oxygen atoms in total. The second kappa shape index (κ2) is 7.74. The van der Waals surface area contributed by atoms with E-state index in [0.29, 0.717) is 11.7 Å². The van der Waals surface area contributed by atoms with Gasteiger partial charge in [-0.15, -0.1) is 0 Å². The van der Waals surface area contributed by atoms with Crippen molar-refractivity contribution in [2.24, 2.45) is 0 Å². The molecule has 0 bridgehead atoms. The number of carbonyl (C=O) groups is 1. The van der Waals surface area contributed by atoms with Crippen LogP contribution in [0.5, 0.6) is 0 Å². The van der Waals surface area contributed by atoms with Crippen molar-refractivity contribution in [2.75, 3.05) is 6.54 Å². The van der Waals surface area contributed by atoms with Crippen LogP contribution >= 0.6 is 0 Å². The van der Waals surface area contributed by atoms with Gasteiger partial charge in [0.25, 0.3) is 0 Å². The van der Waals surface area contributed by atoms with Gasteiger partial charge in [0.15, 0.2) is 0 Å². The molecule has 4 rings (SSSR count). The summed E-state index contributed by atoms with van der Waals surface area (Å²) in [6.45, 7) is 2.79. The van der Waals surface area contributed by atoms with Crippen LogP contribution in [0.15, 0.2) is 65.2 Å². The maximum Gasteiger partial charge on any atom is 0.249 e. The van der Waals surface area contributed by atoms with E-state index in [1.165, 1.54) is 0 Å². The third-order valence-electron chi connectivity index (χ3n) is 5.20. The molecule has 1 fully saturated rings. The molecule has 138 valence electrons. The van der Waals surface area contributed by atoms with E-state index in [1.807, 2.05) is 65.6 Å². The smallest absolute Gasteiger partial charge is 0.249 e. The van der Waals surface area contributed by atoms with Crippen LogP contribution in [-0.2, 0) is 4.79 Å². The van der Waals surface area contributed by atoms with Crippen LogP contribution in [0.25, 0.3) is 11.4 Å². The Morgan fingerprint density at radius 2 is 1.85 bits per heavy atom. The minimum Gasteiger partial charge on any atom is -0.337 e. The normalized spacial score (nSPS) is 17.8. The zero-order valence-electron chi connectivity index (χ0n) is 15.4. The molecule has 0 aliphatic carbocycles. The summed E-state index contributed by atoms with van der Waals surface area (Å²) < 4.78 is 5.55. The molecule has 0 spiro atoms. The second-order valence-electron chi connectivity index (χ2n) is 6.88. The van der Waals surface area contributed by atoms with E-state index in [0.717, 1.165) is 36.9 Å². The fraction of sp³-hybridized carbons (Fsp3) is 0.318. The Balaban J connectivity index is 1.57. The molecular weight excluding hydrogens is 338 g/mol. The van der Waals surface area contributed by atoms with E-state index in [-0.39, 0.29) is 17.9 Å². The van der Waals surface area contributed by atoms with Crippen molar-refractivity contribution in [1.29, 1.82) is 0 Å². The minimum absolute atomic E-state index is 0.136. The Labute approximate surface area is 159 Å². The highest BCUT2D eigenvalue weighted by Crippen LogP contribution is 2.35. The SMILES string of the molecule is CCC(C(=O)N1CCCC1c1nc(-c2ccccc2)no1)c1ccccc1. The number of benzene rings is 2. The Bertz CT molecular complexity index is 892. The lowest BCUT2D eigenvalue weighted by atomic mass is 9.94. The number of likely N-dealkylation sites (tertiary alicyclic amines) is 1. The van der Waals surface area contributed by atoms with E-state index in [4.69, 9.17) is 4.52 Å². The summed E-state index contributed by atoms with van der Waals surface area (Å²) in [7, 11) is 0. The summed E-state index contributed by atoms with van der Waals surface area (Å²) in [5, 5.41) is 4.12. The number of aromatic nitrogens is 2. The highest BCUT2D eigenvalue weighted by Gasteiger charge is 2.37. The Kier molecular flexibility index (Phi) is 5.01. The van der Waals surface area contributed by atoms with Crippen molar-refractivity contribution in [1.82, 2.24) is 15.0 Å². The molecule has 0 saturated carbocycles. The van der Waals surface area contributed by atoms with Crippen LogP contribution in [0.3, 0.4) is 0 Å². The molecule has 2 aromatic carbocycles. The van der Waals surface area contributed by atoms with Gasteiger partial charge in [-0.25, -0.2) is 0 Å². The Morgan fingerprint density at radius 3 is 2.56 bits per heavy atom. The minimum atomic E-state index is -0.139. The third-order valence-corrected chi connectivity index (χ3v) is 5.20. The molecule has 2 unspecified atom stereocenters. The number of rotatable bonds is 5. The first-order valence-electron chi connectivity index (χ1n) is 9.52. The molecule has 2 heterocycles. The molecule has 1 saturated heterocycles. The number of hydrogen-bond donors (Lipinski definition) is 0. The molecule has 5 heteroatoms. The van der Waals surface area contributed by atoms with Crippen molar-refractivity contribution in [3.63, 3.8) is 0 Å². The molecule has 1 aromatic heterocycles. The number of amides is 1. The van der Waals surface area contributed by atoms with Gasteiger partial charge in [-0.1, -0.05) is 72.7 Å². The van der Waals surface area contributed by atoms with Crippen LogP contribution in [0, 0.1) is 0 Å². The average molecular weight is 361 g/mol. The summed E-state index contributed by atoms with van der Waals surface area (Å²) in [5.41, 5.74) is 1.98. The van der Waals surface area contributed by atoms with Crippen molar-refractivity contribution in [3.05, 3.63) is 72.1 Å². The van der Waals surface area contributed by atoms with Gasteiger partial charge in [-0.2, -0.15) is 4.98 Å². The second-order valence-corrected chi connectivity index (χ2v) is 6.88. The quantitative estimate of drug-likeness (QED) is 0.667. The zero-order valence-corrected chi connectivity index (χ0v) is 15.4. The van der Waals surface area contributed by atoms with E-state index in [2.05, 4.69) is 17.1 Å². The van der Waals surface area contributed by atoms with Gasteiger partial charge in [-0.05, 0) is 24.8 Å². The van der Waals surface area contributed by atoms with Crippen LogP contribution < -0.4 is 0 Å². The van der Waals surface area contributed by atoms with Crippen molar-refractivity contribution in [3.8, 4) is 11.4 Å². The maximum absolute atomic E-state index is 13.3. The molecule has 1 aliphatic rings. The van der Waals surface area contributed by atoms with Gasteiger partial charge in [0, 0.05) is 12.1 Å². The monoisotopic (exact) mass is 361 g/mol.